The molecule has 0 radical (unpaired) electrons. The van der Waals surface area contributed by atoms with Gasteiger partial charge in [0, 0.05) is 5.69 Å². The van der Waals surface area contributed by atoms with Gasteiger partial charge in [-0.2, -0.15) is 0 Å². The van der Waals surface area contributed by atoms with E-state index in [1.165, 1.54) is 18.2 Å². The van der Waals surface area contributed by atoms with E-state index in [2.05, 4.69) is 10.6 Å². The third-order valence-corrected chi connectivity index (χ3v) is 5.16. The summed E-state index contributed by atoms with van der Waals surface area (Å²) in [4.78, 5) is 24.3. The number of hydrogen-bond acceptors (Lipinski definition) is 3. The number of hydrogen-bond donors (Lipinski definition) is 3. The summed E-state index contributed by atoms with van der Waals surface area (Å²) >= 11 is 17.7. The van der Waals surface area contributed by atoms with Gasteiger partial charge < -0.3 is 16.4 Å². The molecule has 5 nitrogen and oxygen atoms in total. The van der Waals surface area contributed by atoms with Gasteiger partial charge in [-0.1, -0.05) is 11.6 Å². The molecule has 1 unspecified atom stereocenters. The van der Waals surface area contributed by atoms with Crippen LogP contribution in [0.3, 0.4) is 0 Å². The Kier molecular flexibility index (Phi) is 5.20. The molecule has 1 atom stereocenters. The number of nitrogens with two attached hydrogens (primary N) is 1. The SMILES string of the molecule is Nc1c(F)ccc(C(=O)Nc2cc(NC(=O)C3CC3(Cl)Cl)ccc2Cl)c1F. The number of carbonyl (C=O) groups excluding carboxylic acids is 2. The Labute approximate surface area is 167 Å². The Morgan fingerprint density at radius 2 is 1.81 bits per heavy atom. The lowest BCUT2D eigenvalue weighted by Crippen LogP contribution is -2.18. The molecule has 2 amide bonds. The highest BCUT2D eigenvalue weighted by atomic mass is 35.5. The van der Waals surface area contributed by atoms with E-state index >= 15 is 0 Å². The highest BCUT2D eigenvalue weighted by Gasteiger charge is 2.56. The summed E-state index contributed by atoms with van der Waals surface area (Å²) in [5.74, 6) is -3.95. The van der Waals surface area contributed by atoms with Crippen LogP contribution >= 0.6 is 34.8 Å². The van der Waals surface area contributed by atoms with Gasteiger partial charge in [0.2, 0.25) is 5.91 Å². The molecule has 1 fully saturated rings. The van der Waals surface area contributed by atoms with Crippen LogP contribution in [0.2, 0.25) is 5.02 Å². The van der Waals surface area contributed by atoms with Gasteiger partial charge in [-0.25, -0.2) is 8.78 Å². The van der Waals surface area contributed by atoms with Crippen molar-refractivity contribution in [1.82, 2.24) is 0 Å². The van der Waals surface area contributed by atoms with E-state index in [9.17, 15) is 18.4 Å². The van der Waals surface area contributed by atoms with E-state index < -0.39 is 39.0 Å². The van der Waals surface area contributed by atoms with Crippen LogP contribution in [0.5, 0.6) is 0 Å². The molecule has 0 saturated heterocycles. The average Bonchev–Trinajstić information content (AvgIpc) is 3.24. The highest BCUT2D eigenvalue weighted by Crippen LogP contribution is 2.53. The van der Waals surface area contributed by atoms with Crippen LogP contribution in [-0.4, -0.2) is 16.1 Å². The zero-order valence-electron chi connectivity index (χ0n) is 13.5. The summed E-state index contributed by atoms with van der Waals surface area (Å²) in [7, 11) is 0. The van der Waals surface area contributed by atoms with Crippen molar-refractivity contribution < 1.29 is 18.4 Å². The molecule has 27 heavy (non-hydrogen) atoms. The molecule has 2 aromatic carbocycles. The van der Waals surface area contributed by atoms with Crippen LogP contribution in [0.25, 0.3) is 0 Å². The van der Waals surface area contributed by atoms with Gasteiger partial charge in [0.25, 0.3) is 5.91 Å². The van der Waals surface area contributed by atoms with Crippen LogP contribution in [-0.2, 0) is 4.79 Å². The van der Waals surface area contributed by atoms with Gasteiger partial charge in [-0.3, -0.25) is 9.59 Å². The number of benzene rings is 2. The predicted octanol–water partition coefficient (Wildman–Crippen LogP) is 4.59. The second-order valence-electron chi connectivity index (χ2n) is 5.98. The molecule has 1 aliphatic carbocycles. The van der Waals surface area contributed by atoms with Gasteiger partial charge in [-0.05, 0) is 36.8 Å². The molecule has 10 heteroatoms. The van der Waals surface area contributed by atoms with Gasteiger partial charge >= 0.3 is 0 Å². The van der Waals surface area contributed by atoms with E-state index in [-0.39, 0.29) is 16.6 Å². The minimum Gasteiger partial charge on any atom is -0.394 e. The molecule has 0 spiro atoms. The number of nitrogens with one attached hydrogen (secondary N) is 2. The van der Waals surface area contributed by atoms with Crippen molar-refractivity contribution in [2.75, 3.05) is 16.4 Å². The maximum absolute atomic E-state index is 14.0. The fourth-order valence-corrected chi connectivity index (χ4v) is 3.03. The molecule has 0 aliphatic heterocycles. The number of carbonyl (C=O) groups is 2. The van der Waals surface area contributed by atoms with Gasteiger partial charge in [0.1, 0.15) is 15.8 Å². The molecule has 0 heterocycles. The second-order valence-corrected chi connectivity index (χ2v) is 7.93. The number of nitrogen functional groups attached to an aromatic ring is 1. The van der Waals surface area contributed by atoms with Crippen LogP contribution in [0, 0.1) is 17.6 Å². The smallest absolute Gasteiger partial charge is 0.258 e. The monoisotopic (exact) mass is 433 g/mol. The largest absolute Gasteiger partial charge is 0.394 e. The predicted molar refractivity (Wildman–Crippen MR) is 101 cm³/mol. The minimum absolute atomic E-state index is 0.112. The molecular weight excluding hydrogens is 423 g/mol. The minimum atomic E-state index is -1.18. The Hall–Kier alpha value is -2.09. The molecule has 1 saturated carbocycles. The van der Waals surface area contributed by atoms with Gasteiger partial charge in [0.15, 0.2) is 5.82 Å². The van der Waals surface area contributed by atoms with Crippen LogP contribution < -0.4 is 16.4 Å². The van der Waals surface area contributed by atoms with E-state index in [0.717, 1.165) is 12.1 Å². The van der Waals surface area contributed by atoms with Crippen molar-refractivity contribution in [3.05, 3.63) is 52.6 Å². The lowest BCUT2D eigenvalue weighted by Gasteiger charge is -2.12. The Morgan fingerprint density at radius 3 is 2.44 bits per heavy atom. The Balaban J connectivity index is 1.78. The number of amides is 2. The summed E-state index contributed by atoms with van der Waals surface area (Å²) in [5, 5.41) is 5.15. The van der Waals surface area contributed by atoms with Crippen LogP contribution in [0.1, 0.15) is 16.8 Å². The summed E-state index contributed by atoms with van der Waals surface area (Å²) in [6, 6.07) is 6.17. The lowest BCUT2D eigenvalue weighted by molar-refractivity contribution is -0.117. The Bertz CT molecular complexity index is 953. The topological polar surface area (TPSA) is 84.2 Å². The van der Waals surface area contributed by atoms with Gasteiger partial charge in [-0.15, -0.1) is 23.2 Å². The first-order valence-corrected chi connectivity index (χ1v) is 8.76. The van der Waals surface area contributed by atoms with Crippen molar-refractivity contribution in [2.45, 2.75) is 10.8 Å². The van der Waals surface area contributed by atoms with Gasteiger partial charge in [0.05, 0.1) is 22.2 Å². The number of halogens is 5. The summed E-state index contributed by atoms with van der Waals surface area (Å²) in [5.41, 5.74) is 4.48. The van der Waals surface area contributed by atoms with Crippen molar-refractivity contribution in [1.29, 1.82) is 0 Å². The fourth-order valence-electron chi connectivity index (χ4n) is 2.36. The van der Waals surface area contributed by atoms with Crippen molar-refractivity contribution in [3.63, 3.8) is 0 Å². The molecule has 3 rings (SSSR count). The molecule has 142 valence electrons. The van der Waals surface area contributed by atoms with E-state index in [1.54, 1.807) is 0 Å². The quantitative estimate of drug-likeness (QED) is 0.486. The summed E-state index contributed by atoms with van der Waals surface area (Å²) in [6.07, 6.45) is 0.338. The van der Waals surface area contributed by atoms with E-state index in [1.807, 2.05) is 0 Å². The summed E-state index contributed by atoms with van der Waals surface area (Å²) in [6.45, 7) is 0. The van der Waals surface area contributed by atoms with E-state index in [4.69, 9.17) is 40.5 Å². The zero-order valence-corrected chi connectivity index (χ0v) is 15.7. The highest BCUT2D eigenvalue weighted by molar-refractivity contribution is 6.52. The number of alkyl halides is 2. The first-order valence-electron chi connectivity index (χ1n) is 7.63. The standard InChI is InChI=1S/C17H12Cl3F2N3O2/c18-10-3-1-7(24-16(27)9-6-17(9,19)20)5-12(10)25-15(26)8-2-4-11(21)14(23)13(8)22/h1-5,9H,6,23H2,(H,24,27)(H,25,26). The van der Waals surface area contributed by atoms with Crippen molar-refractivity contribution >= 4 is 63.7 Å². The maximum atomic E-state index is 14.0. The summed E-state index contributed by atoms with van der Waals surface area (Å²) < 4.78 is 26.2. The maximum Gasteiger partial charge on any atom is 0.258 e. The lowest BCUT2D eigenvalue weighted by atomic mass is 10.1. The van der Waals surface area contributed by atoms with Crippen LogP contribution in [0.15, 0.2) is 30.3 Å². The molecule has 2 aromatic rings. The number of anilines is 3. The van der Waals surface area contributed by atoms with E-state index in [0.29, 0.717) is 12.1 Å². The van der Waals surface area contributed by atoms with Crippen molar-refractivity contribution in [3.8, 4) is 0 Å². The Morgan fingerprint density at radius 1 is 1.15 bits per heavy atom. The fraction of sp³-hybridized carbons (Fsp3) is 0.176. The molecule has 4 N–H and O–H groups in total. The molecule has 0 aromatic heterocycles. The molecule has 1 aliphatic rings. The van der Waals surface area contributed by atoms with Crippen LogP contribution in [0.4, 0.5) is 25.8 Å². The first-order chi connectivity index (χ1) is 12.6. The third-order valence-electron chi connectivity index (χ3n) is 4.00. The molecular formula is C17H12Cl3F2N3O2. The molecule has 0 bridgehead atoms. The zero-order chi connectivity index (χ0) is 19.9. The normalized spacial score (nSPS) is 17.3. The third kappa shape index (κ3) is 4.10. The number of rotatable bonds is 4. The van der Waals surface area contributed by atoms with Crippen molar-refractivity contribution in [2.24, 2.45) is 5.92 Å². The average molecular weight is 435 g/mol. The second kappa shape index (κ2) is 7.14. The first kappa shape index (κ1) is 19.7.